The van der Waals surface area contributed by atoms with Gasteiger partial charge in [-0.3, -0.25) is 4.79 Å². The standard InChI is InChI=1S/C21H23FN2O6S/c1-29-20(25)14-30-18-6-4-17(5-7-18)23-21(26)15-10-12-24(13-11-15)31(27,28)19-8-2-16(22)3-9-19/h2-9,15H,10-14H2,1H3,(H,23,26). The van der Waals surface area contributed by atoms with E-state index < -0.39 is 21.8 Å². The molecule has 0 bridgehead atoms. The Hall–Kier alpha value is -2.98. The summed E-state index contributed by atoms with van der Waals surface area (Å²) in [6.07, 6.45) is 0.763. The lowest BCUT2D eigenvalue weighted by atomic mass is 9.97. The number of nitrogens with zero attached hydrogens (tertiary/aromatic N) is 1. The van der Waals surface area contributed by atoms with Gasteiger partial charge in [0.05, 0.1) is 12.0 Å². The number of rotatable bonds is 7. The first-order valence-electron chi connectivity index (χ1n) is 9.66. The van der Waals surface area contributed by atoms with E-state index in [1.54, 1.807) is 24.3 Å². The highest BCUT2D eigenvalue weighted by Crippen LogP contribution is 2.25. The van der Waals surface area contributed by atoms with Crippen LogP contribution in [0.5, 0.6) is 5.75 Å². The van der Waals surface area contributed by atoms with Crippen LogP contribution in [0.4, 0.5) is 10.1 Å². The minimum absolute atomic E-state index is 0.0336. The van der Waals surface area contributed by atoms with Crippen molar-refractivity contribution in [1.82, 2.24) is 4.31 Å². The first-order valence-corrected chi connectivity index (χ1v) is 11.1. The third kappa shape index (κ3) is 5.80. The van der Waals surface area contributed by atoms with Crippen LogP contribution in [-0.2, 0) is 24.3 Å². The van der Waals surface area contributed by atoms with Crippen molar-refractivity contribution in [2.75, 3.05) is 32.1 Å². The molecule has 1 aliphatic heterocycles. The lowest BCUT2D eigenvalue weighted by Crippen LogP contribution is -2.41. The predicted octanol–water partition coefficient (Wildman–Crippen LogP) is 2.42. The zero-order chi connectivity index (χ0) is 22.4. The fourth-order valence-electron chi connectivity index (χ4n) is 3.19. The van der Waals surface area contributed by atoms with E-state index in [1.807, 2.05) is 0 Å². The molecule has 0 aliphatic carbocycles. The maximum absolute atomic E-state index is 13.1. The van der Waals surface area contributed by atoms with Gasteiger partial charge in [-0.25, -0.2) is 17.6 Å². The van der Waals surface area contributed by atoms with Gasteiger partial charge >= 0.3 is 5.97 Å². The van der Waals surface area contributed by atoms with Gasteiger partial charge in [0.1, 0.15) is 11.6 Å². The monoisotopic (exact) mass is 450 g/mol. The van der Waals surface area contributed by atoms with Crippen molar-refractivity contribution in [2.45, 2.75) is 17.7 Å². The van der Waals surface area contributed by atoms with Crippen molar-refractivity contribution in [1.29, 1.82) is 0 Å². The van der Waals surface area contributed by atoms with Crippen molar-refractivity contribution < 1.29 is 31.9 Å². The van der Waals surface area contributed by atoms with Crippen molar-refractivity contribution in [2.24, 2.45) is 5.92 Å². The molecular formula is C21H23FN2O6S. The quantitative estimate of drug-likeness (QED) is 0.650. The topological polar surface area (TPSA) is 102 Å². The minimum Gasteiger partial charge on any atom is -0.482 e. The number of carbonyl (C=O) groups excluding carboxylic acids is 2. The van der Waals surface area contributed by atoms with Crippen LogP contribution in [0.3, 0.4) is 0 Å². The molecule has 0 unspecified atom stereocenters. The summed E-state index contributed by atoms with van der Waals surface area (Å²) in [7, 11) is -2.45. The zero-order valence-corrected chi connectivity index (χ0v) is 17.7. The van der Waals surface area contributed by atoms with Crippen LogP contribution in [0.1, 0.15) is 12.8 Å². The van der Waals surface area contributed by atoms with E-state index in [0.717, 1.165) is 12.1 Å². The van der Waals surface area contributed by atoms with Gasteiger partial charge in [0.15, 0.2) is 6.61 Å². The number of sulfonamides is 1. The highest BCUT2D eigenvalue weighted by atomic mass is 32.2. The molecule has 1 amide bonds. The molecule has 0 aromatic heterocycles. The molecule has 0 atom stereocenters. The predicted molar refractivity (Wildman–Crippen MR) is 110 cm³/mol. The molecule has 1 fully saturated rings. The Morgan fingerprint density at radius 1 is 1.06 bits per heavy atom. The van der Waals surface area contributed by atoms with Crippen LogP contribution in [-0.4, -0.2) is 51.4 Å². The van der Waals surface area contributed by atoms with E-state index in [9.17, 15) is 22.4 Å². The Labute approximate surface area is 180 Å². The van der Waals surface area contributed by atoms with Gasteiger partial charge in [-0.15, -0.1) is 0 Å². The summed E-state index contributed by atoms with van der Waals surface area (Å²) in [5.41, 5.74) is 0.566. The SMILES string of the molecule is COC(=O)COc1ccc(NC(=O)C2CCN(S(=O)(=O)c3ccc(F)cc3)CC2)cc1. The lowest BCUT2D eigenvalue weighted by molar-refractivity contribution is -0.142. The molecule has 1 heterocycles. The Morgan fingerprint density at radius 3 is 2.26 bits per heavy atom. The molecule has 2 aromatic carbocycles. The highest BCUT2D eigenvalue weighted by Gasteiger charge is 2.32. The molecule has 2 aromatic rings. The number of carbonyl (C=O) groups is 2. The number of nitrogens with one attached hydrogen (secondary N) is 1. The van der Waals surface area contributed by atoms with E-state index in [0.29, 0.717) is 24.3 Å². The second-order valence-electron chi connectivity index (χ2n) is 7.01. The average Bonchev–Trinajstić information content (AvgIpc) is 2.78. The number of benzene rings is 2. The number of anilines is 1. The Kier molecular flexibility index (Phi) is 7.24. The molecule has 8 nitrogen and oxygen atoms in total. The van der Waals surface area contributed by atoms with Crippen LogP contribution in [0.25, 0.3) is 0 Å². The molecule has 0 spiro atoms. The third-order valence-corrected chi connectivity index (χ3v) is 6.90. The Balaban J connectivity index is 1.52. The largest absolute Gasteiger partial charge is 0.482 e. The summed E-state index contributed by atoms with van der Waals surface area (Å²) in [6, 6.07) is 11.2. The molecule has 1 saturated heterocycles. The normalized spacial score (nSPS) is 15.3. The van der Waals surface area contributed by atoms with Gasteiger partial charge in [0, 0.05) is 24.7 Å². The van der Waals surface area contributed by atoms with Crippen LogP contribution in [0, 0.1) is 11.7 Å². The van der Waals surface area contributed by atoms with Crippen LogP contribution in [0.15, 0.2) is 53.4 Å². The van der Waals surface area contributed by atoms with Crippen molar-refractivity contribution in [3.8, 4) is 5.75 Å². The summed E-state index contributed by atoms with van der Waals surface area (Å²) < 4.78 is 49.5. The van der Waals surface area contributed by atoms with Gasteiger partial charge in [0.2, 0.25) is 15.9 Å². The Bertz CT molecular complexity index is 1020. The van der Waals surface area contributed by atoms with Gasteiger partial charge in [-0.1, -0.05) is 0 Å². The average molecular weight is 450 g/mol. The molecule has 10 heteroatoms. The molecule has 0 radical (unpaired) electrons. The number of methoxy groups -OCH3 is 1. The first-order chi connectivity index (χ1) is 14.8. The molecule has 1 aliphatic rings. The zero-order valence-electron chi connectivity index (χ0n) is 16.9. The van der Waals surface area contributed by atoms with Crippen molar-refractivity contribution in [3.05, 3.63) is 54.3 Å². The van der Waals surface area contributed by atoms with Crippen molar-refractivity contribution in [3.63, 3.8) is 0 Å². The number of hydrogen-bond donors (Lipinski definition) is 1. The molecule has 1 N–H and O–H groups in total. The molecule has 166 valence electrons. The molecular weight excluding hydrogens is 427 g/mol. The molecule has 3 rings (SSSR count). The fourth-order valence-corrected chi connectivity index (χ4v) is 4.66. The smallest absolute Gasteiger partial charge is 0.343 e. The fraction of sp³-hybridized carbons (Fsp3) is 0.333. The minimum atomic E-state index is -3.72. The van der Waals surface area contributed by atoms with Gasteiger partial charge in [0.25, 0.3) is 0 Å². The number of ether oxygens (including phenoxy) is 2. The summed E-state index contributed by atoms with van der Waals surface area (Å²) in [5.74, 6) is -1.05. The number of amides is 1. The van der Waals surface area contributed by atoms with E-state index in [-0.39, 0.29) is 36.4 Å². The summed E-state index contributed by atoms with van der Waals surface area (Å²) in [6.45, 7) is 0.206. The van der Waals surface area contributed by atoms with Gasteiger partial charge in [-0.05, 0) is 61.4 Å². The van der Waals surface area contributed by atoms with E-state index in [2.05, 4.69) is 10.1 Å². The number of piperidine rings is 1. The Morgan fingerprint density at radius 2 is 1.68 bits per heavy atom. The van der Waals surface area contributed by atoms with Crippen molar-refractivity contribution >= 4 is 27.6 Å². The molecule has 0 saturated carbocycles. The first kappa shape index (κ1) is 22.7. The maximum Gasteiger partial charge on any atom is 0.343 e. The number of halogens is 1. The second-order valence-corrected chi connectivity index (χ2v) is 8.95. The van der Waals surface area contributed by atoms with E-state index >= 15 is 0 Å². The lowest BCUT2D eigenvalue weighted by Gasteiger charge is -2.30. The van der Waals surface area contributed by atoms with Crippen LogP contribution in [0.2, 0.25) is 0 Å². The summed E-state index contributed by atoms with van der Waals surface area (Å²) in [4.78, 5) is 23.7. The molecule has 31 heavy (non-hydrogen) atoms. The second kappa shape index (κ2) is 9.88. The van der Waals surface area contributed by atoms with E-state index in [1.165, 1.54) is 23.5 Å². The van der Waals surface area contributed by atoms with E-state index in [4.69, 9.17) is 4.74 Å². The van der Waals surface area contributed by atoms with Gasteiger partial charge < -0.3 is 14.8 Å². The highest BCUT2D eigenvalue weighted by molar-refractivity contribution is 7.89. The number of esters is 1. The summed E-state index contributed by atoms with van der Waals surface area (Å²) in [5, 5.41) is 2.81. The third-order valence-electron chi connectivity index (χ3n) is 4.98. The number of hydrogen-bond acceptors (Lipinski definition) is 6. The maximum atomic E-state index is 13.1. The van der Waals surface area contributed by atoms with Crippen LogP contribution < -0.4 is 10.1 Å². The summed E-state index contributed by atoms with van der Waals surface area (Å²) >= 11 is 0. The van der Waals surface area contributed by atoms with Crippen LogP contribution >= 0.6 is 0 Å². The van der Waals surface area contributed by atoms with Gasteiger partial charge in [-0.2, -0.15) is 4.31 Å².